The van der Waals surface area contributed by atoms with Crippen LogP contribution in [0.1, 0.15) is 0 Å². The zero-order chi connectivity index (χ0) is 13.3. The summed E-state index contributed by atoms with van der Waals surface area (Å²) in [5, 5.41) is 3.78. The highest BCUT2D eigenvalue weighted by Crippen LogP contribution is 2.23. The van der Waals surface area contributed by atoms with E-state index in [2.05, 4.69) is 30.7 Å². The van der Waals surface area contributed by atoms with E-state index in [-0.39, 0.29) is 10.8 Å². The van der Waals surface area contributed by atoms with Gasteiger partial charge in [-0.05, 0) is 34.1 Å². The molecule has 18 heavy (non-hydrogen) atoms. The fraction of sp³-hybridized carbons (Fsp3) is 0.111. The van der Waals surface area contributed by atoms with Crippen LogP contribution in [0.25, 0.3) is 0 Å². The minimum Gasteiger partial charge on any atom is -0.398 e. The summed E-state index contributed by atoms with van der Waals surface area (Å²) >= 11 is 3.18. The van der Waals surface area contributed by atoms with Crippen LogP contribution in [0.3, 0.4) is 0 Å². The Kier molecular flexibility index (Phi) is 3.26. The molecule has 1 aromatic carbocycles. The Hall–Kier alpha value is -1.61. The van der Waals surface area contributed by atoms with Crippen molar-refractivity contribution >= 4 is 37.6 Å². The first-order valence-electron chi connectivity index (χ1n) is 4.82. The third kappa shape index (κ3) is 2.46. The smallest absolute Gasteiger partial charge is 0.264 e. The van der Waals surface area contributed by atoms with E-state index in [4.69, 9.17) is 5.73 Å². The Morgan fingerprint density at radius 2 is 2.17 bits per heavy atom. The summed E-state index contributed by atoms with van der Waals surface area (Å²) in [6, 6.07) is 4.35. The Labute approximate surface area is 112 Å². The van der Waals surface area contributed by atoms with Gasteiger partial charge >= 0.3 is 0 Å². The van der Waals surface area contributed by atoms with E-state index in [1.165, 1.54) is 29.2 Å². The van der Waals surface area contributed by atoms with Gasteiger partial charge in [0.1, 0.15) is 6.33 Å². The van der Waals surface area contributed by atoms with Gasteiger partial charge in [0.2, 0.25) is 5.95 Å². The summed E-state index contributed by atoms with van der Waals surface area (Å²) in [4.78, 5) is 3.88. The first-order valence-corrected chi connectivity index (χ1v) is 7.09. The van der Waals surface area contributed by atoms with Crippen LogP contribution in [0.5, 0.6) is 0 Å². The first-order chi connectivity index (χ1) is 8.40. The third-order valence-corrected chi connectivity index (χ3v) is 4.23. The molecule has 3 N–H and O–H groups in total. The van der Waals surface area contributed by atoms with Crippen LogP contribution in [-0.2, 0) is 17.1 Å². The van der Waals surface area contributed by atoms with Gasteiger partial charge in [-0.2, -0.15) is 10.1 Å². The summed E-state index contributed by atoms with van der Waals surface area (Å²) in [6.45, 7) is 0. The Morgan fingerprint density at radius 1 is 1.44 bits per heavy atom. The van der Waals surface area contributed by atoms with E-state index in [0.717, 1.165) is 0 Å². The number of nitrogen functional groups attached to an aromatic ring is 1. The number of nitrogens with zero attached hydrogens (tertiary/aromatic N) is 3. The van der Waals surface area contributed by atoms with Crippen molar-refractivity contribution < 1.29 is 8.42 Å². The SMILES string of the molecule is Cn1ncnc1NS(=O)(=O)c1ccc(N)c(Br)c1. The largest absolute Gasteiger partial charge is 0.398 e. The fourth-order valence-electron chi connectivity index (χ4n) is 1.24. The molecule has 0 unspecified atom stereocenters. The van der Waals surface area contributed by atoms with Gasteiger partial charge in [0, 0.05) is 17.2 Å². The maximum absolute atomic E-state index is 12.1. The fourth-order valence-corrected chi connectivity index (χ4v) is 2.84. The summed E-state index contributed by atoms with van der Waals surface area (Å²) in [5.41, 5.74) is 6.07. The van der Waals surface area contributed by atoms with Gasteiger partial charge in [0.25, 0.3) is 10.0 Å². The number of benzene rings is 1. The Balaban J connectivity index is 2.37. The second kappa shape index (κ2) is 4.58. The number of hydrogen-bond acceptors (Lipinski definition) is 5. The number of anilines is 2. The number of hydrogen-bond donors (Lipinski definition) is 2. The average Bonchev–Trinajstić information content (AvgIpc) is 2.67. The van der Waals surface area contributed by atoms with Crippen molar-refractivity contribution in [2.45, 2.75) is 4.90 Å². The monoisotopic (exact) mass is 331 g/mol. The van der Waals surface area contributed by atoms with E-state index >= 15 is 0 Å². The lowest BCUT2D eigenvalue weighted by molar-refractivity contribution is 0.600. The lowest BCUT2D eigenvalue weighted by Crippen LogP contribution is -2.16. The lowest BCUT2D eigenvalue weighted by Gasteiger charge is -2.07. The van der Waals surface area contributed by atoms with Crippen molar-refractivity contribution in [3.63, 3.8) is 0 Å². The molecule has 2 aromatic rings. The second-order valence-corrected chi connectivity index (χ2v) is 6.03. The van der Waals surface area contributed by atoms with Crippen molar-refractivity contribution in [1.29, 1.82) is 0 Å². The van der Waals surface area contributed by atoms with E-state index < -0.39 is 10.0 Å². The van der Waals surface area contributed by atoms with Gasteiger partial charge in [-0.15, -0.1) is 0 Å². The predicted molar refractivity (Wildman–Crippen MR) is 70.4 cm³/mol. The first kappa shape index (κ1) is 12.8. The Morgan fingerprint density at radius 3 is 2.72 bits per heavy atom. The van der Waals surface area contributed by atoms with Gasteiger partial charge in [-0.25, -0.2) is 17.8 Å². The predicted octanol–water partition coefficient (Wildman–Crippen LogP) is 0.961. The quantitative estimate of drug-likeness (QED) is 0.815. The van der Waals surface area contributed by atoms with E-state index in [1.807, 2.05) is 0 Å². The molecule has 96 valence electrons. The molecule has 2 rings (SSSR count). The maximum Gasteiger partial charge on any atom is 0.264 e. The second-order valence-electron chi connectivity index (χ2n) is 3.50. The molecule has 0 aliphatic rings. The number of rotatable bonds is 3. The van der Waals surface area contributed by atoms with Crippen LogP contribution in [0.2, 0.25) is 0 Å². The van der Waals surface area contributed by atoms with Crippen molar-refractivity contribution in [2.24, 2.45) is 7.05 Å². The number of aryl methyl sites for hydroxylation is 1. The minimum absolute atomic E-state index is 0.0894. The number of halogens is 1. The van der Waals surface area contributed by atoms with Crippen LogP contribution in [0, 0.1) is 0 Å². The van der Waals surface area contributed by atoms with Crippen molar-refractivity contribution in [2.75, 3.05) is 10.5 Å². The molecule has 1 heterocycles. The lowest BCUT2D eigenvalue weighted by atomic mass is 10.3. The number of nitrogens with one attached hydrogen (secondary N) is 1. The molecule has 0 aliphatic heterocycles. The summed E-state index contributed by atoms with van der Waals surface area (Å²) < 4.78 is 28.3. The van der Waals surface area contributed by atoms with Crippen LogP contribution < -0.4 is 10.5 Å². The standard InChI is InChI=1S/C9H10BrN5O2S/c1-15-9(12-5-13-15)14-18(16,17)6-2-3-8(11)7(10)4-6/h2-5H,11H2,1H3,(H,12,13,14). The normalized spacial score (nSPS) is 11.4. The molecule has 0 spiro atoms. The molecule has 1 aromatic heterocycles. The highest BCUT2D eigenvalue weighted by atomic mass is 79.9. The van der Waals surface area contributed by atoms with Gasteiger partial charge < -0.3 is 5.73 Å². The molecule has 9 heteroatoms. The highest BCUT2D eigenvalue weighted by Gasteiger charge is 2.17. The molecular formula is C9H10BrN5O2S. The van der Waals surface area contributed by atoms with Gasteiger partial charge in [-0.3, -0.25) is 0 Å². The molecule has 0 atom stereocenters. The van der Waals surface area contributed by atoms with Gasteiger partial charge in [0.05, 0.1) is 4.90 Å². The molecule has 0 fully saturated rings. The highest BCUT2D eigenvalue weighted by molar-refractivity contribution is 9.10. The maximum atomic E-state index is 12.1. The van der Waals surface area contributed by atoms with E-state index in [0.29, 0.717) is 10.2 Å². The van der Waals surface area contributed by atoms with Crippen LogP contribution in [0.15, 0.2) is 33.9 Å². The molecular weight excluding hydrogens is 322 g/mol. The molecule has 0 radical (unpaired) electrons. The zero-order valence-corrected chi connectivity index (χ0v) is 11.7. The van der Waals surface area contributed by atoms with E-state index in [1.54, 1.807) is 7.05 Å². The van der Waals surface area contributed by atoms with Crippen molar-refractivity contribution in [3.8, 4) is 0 Å². The molecule has 0 saturated carbocycles. The number of aromatic nitrogens is 3. The average molecular weight is 332 g/mol. The molecule has 0 amide bonds. The molecule has 0 saturated heterocycles. The van der Waals surface area contributed by atoms with Crippen molar-refractivity contribution in [1.82, 2.24) is 14.8 Å². The summed E-state index contributed by atoms with van der Waals surface area (Å²) in [5.74, 6) is 0.142. The summed E-state index contributed by atoms with van der Waals surface area (Å²) in [6.07, 6.45) is 1.26. The molecule has 0 bridgehead atoms. The summed E-state index contributed by atoms with van der Waals surface area (Å²) in [7, 11) is -2.12. The molecule has 0 aliphatic carbocycles. The topological polar surface area (TPSA) is 103 Å². The minimum atomic E-state index is -3.70. The third-order valence-electron chi connectivity index (χ3n) is 2.22. The Bertz CT molecular complexity index is 682. The number of sulfonamides is 1. The van der Waals surface area contributed by atoms with Crippen LogP contribution >= 0.6 is 15.9 Å². The van der Waals surface area contributed by atoms with E-state index in [9.17, 15) is 8.42 Å². The van der Waals surface area contributed by atoms with Crippen LogP contribution in [-0.4, -0.2) is 23.2 Å². The van der Waals surface area contributed by atoms with Crippen LogP contribution in [0.4, 0.5) is 11.6 Å². The zero-order valence-electron chi connectivity index (χ0n) is 9.33. The van der Waals surface area contributed by atoms with Crippen molar-refractivity contribution in [3.05, 3.63) is 29.0 Å². The van der Waals surface area contributed by atoms with Gasteiger partial charge in [0.15, 0.2) is 0 Å². The number of nitrogens with two attached hydrogens (primary N) is 1. The molecule has 7 nitrogen and oxygen atoms in total. The van der Waals surface area contributed by atoms with Gasteiger partial charge in [-0.1, -0.05) is 0 Å².